The van der Waals surface area contributed by atoms with E-state index < -0.39 is 0 Å². The number of nitriles is 1. The molecule has 1 aliphatic rings. The molecule has 2 aromatic rings. The van der Waals surface area contributed by atoms with E-state index in [0.29, 0.717) is 40.3 Å². The van der Waals surface area contributed by atoms with Crippen LogP contribution in [0.2, 0.25) is 0 Å². The lowest BCUT2D eigenvalue weighted by Crippen LogP contribution is -2.35. The number of methoxy groups -OCH3 is 1. The van der Waals surface area contributed by atoms with Gasteiger partial charge in [0.05, 0.1) is 29.8 Å². The molecule has 1 saturated heterocycles. The number of ether oxygens (including phenoxy) is 2. The van der Waals surface area contributed by atoms with E-state index in [1.165, 1.54) is 5.56 Å². The van der Waals surface area contributed by atoms with Crippen molar-refractivity contribution in [1.29, 1.82) is 5.26 Å². The van der Waals surface area contributed by atoms with Gasteiger partial charge >= 0.3 is 0 Å². The Hall–Kier alpha value is -2.56. The van der Waals surface area contributed by atoms with Crippen molar-refractivity contribution < 1.29 is 14.3 Å². The molecule has 0 atom stereocenters. The van der Waals surface area contributed by atoms with Crippen molar-refractivity contribution in [3.05, 3.63) is 57.6 Å². The van der Waals surface area contributed by atoms with Crippen molar-refractivity contribution in [3.63, 3.8) is 0 Å². The minimum Gasteiger partial charge on any atom is -0.493 e. The summed E-state index contributed by atoms with van der Waals surface area (Å²) in [6.07, 6.45) is 0.914. The largest absolute Gasteiger partial charge is 0.493 e. The van der Waals surface area contributed by atoms with Crippen LogP contribution in [0.3, 0.4) is 0 Å². The maximum absolute atomic E-state index is 13.1. The Morgan fingerprint density at radius 1 is 1.17 bits per heavy atom. The molecule has 0 aliphatic carbocycles. The first-order valence-electron chi connectivity index (χ1n) is 10.1. The van der Waals surface area contributed by atoms with Gasteiger partial charge in [-0.1, -0.05) is 12.1 Å². The van der Waals surface area contributed by atoms with E-state index in [-0.39, 0.29) is 5.91 Å². The van der Waals surface area contributed by atoms with E-state index in [0.717, 1.165) is 32.6 Å². The average molecular weight is 472 g/mol. The first-order chi connectivity index (χ1) is 14.5. The lowest BCUT2D eigenvalue weighted by atomic mass is 10.1. The molecule has 0 N–H and O–H groups in total. The van der Waals surface area contributed by atoms with Crippen molar-refractivity contribution in [2.45, 2.75) is 19.9 Å². The molecule has 0 aromatic heterocycles. The molecule has 0 spiro atoms. The lowest BCUT2D eigenvalue weighted by Gasteiger charge is -2.23. The minimum atomic E-state index is -0.00253. The molecule has 1 aliphatic heterocycles. The maximum atomic E-state index is 13.1. The summed E-state index contributed by atoms with van der Waals surface area (Å²) in [6.45, 7) is 6.37. The van der Waals surface area contributed by atoms with Gasteiger partial charge in [0, 0.05) is 38.3 Å². The molecule has 2 aromatic carbocycles. The van der Waals surface area contributed by atoms with E-state index in [9.17, 15) is 4.79 Å². The van der Waals surface area contributed by atoms with Crippen LogP contribution in [0.5, 0.6) is 11.5 Å². The highest BCUT2D eigenvalue weighted by Crippen LogP contribution is 2.37. The third-order valence-corrected chi connectivity index (χ3v) is 5.72. The van der Waals surface area contributed by atoms with Gasteiger partial charge < -0.3 is 14.4 Å². The maximum Gasteiger partial charge on any atom is 0.254 e. The molecule has 30 heavy (non-hydrogen) atoms. The molecule has 0 unspecified atom stereocenters. The fourth-order valence-corrected chi connectivity index (χ4v) is 4.14. The number of carbonyl (C=O) groups excluding carboxylic acids is 1. The van der Waals surface area contributed by atoms with Gasteiger partial charge in [0.25, 0.3) is 5.91 Å². The zero-order valence-electron chi connectivity index (χ0n) is 17.4. The van der Waals surface area contributed by atoms with Crippen LogP contribution in [-0.2, 0) is 6.54 Å². The van der Waals surface area contributed by atoms with Gasteiger partial charge in [0.1, 0.15) is 0 Å². The van der Waals surface area contributed by atoms with E-state index in [1.54, 1.807) is 19.2 Å². The monoisotopic (exact) mass is 471 g/mol. The molecule has 3 rings (SSSR count). The molecule has 0 radical (unpaired) electrons. The Morgan fingerprint density at radius 3 is 2.60 bits per heavy atom. The highest BCUT2D eigenvalue weighted by molar-refractivity contribution is 9.10. The first-order valence-corrected chi connectivity index (χ1v) is 10.9. The topological polar surface area (TPSA) is 65.8 Å². The van der Waals surface area contributed by atoms with Gasteiger partial charge in [-0.05, 0) is 59.1 Å². The summed E-state index contributed by atoms with van der Waals surface area (Å²) in [5, 5.41) is 8.94. The van der Waals surface area contributed by atoms with Gasteiger partial charge in [-0.3, -0.25) is 9.69 Å². The highest BCUT2D eigenvalue weighted by Gasteiger charge is 2.23. The molecule has 0 saturated carbocycles. The number of hydrogen-bond acceptors (Lipinski definition) is 5. The zero-order chi connectivity index (χ0) is 21.5. The summed E-state index contributed by atoms with van der Waals surface area (Å²) in [5.74, 6) is 1.16. The Morgan fingerprint density at radius 2 is 1.93 bits per heavy atom. The standard InChI is InChI=1S/C23H26BrN3O3/c1-3-30-22-20(24)13-19(14-21(22)29-2)23(28)27-10-4-9-26(11-12-27)16-18-7-5-17(15-25)6-8-18/h5-8,13-14H,3-4,9-12,16H2,1-2H3. The van der Waals surface area contributed by atoms with Crippen molar-refractivity contribution in [2.24, 2.45) is 0 Å². The molecule has 1 amide bonds. The second-order valence-electron chi connectivity index (χ2n) is 7.15. The summed E-state index contributed by atoms with van der Waals surface area (Å²) < 4.78 is 11.8. The number of carbonyl (C=O) groups is 1. The van der Waals surface area contributed by atoms with Crippen molar-refractivity contribution in [2.75, 3.05) is 39.9 Å². The number of amides is 1. The summed E-state index contributed by atoms with van der Waals surface area (Å²) in [5.41, 5.74) is 2.43. The number of rotatable bonds is 6. The number of nitrogens with zero attached hydrogens (tertiary/aromatic N) is 3. The van der Waals surface area contributed by atoms with Crippen LogP contribution in [-0.4, -0.2) is 55.6 Å². The van der Waals surface area contributed by atoms with Gasteiger partial charge in [-0.25, -0.2) is 0 Å². The first kappa shape index (κ1) is 22.1. The Bertz CT molecular complexity index is 925. The Balaban J connectivity index is 1.66. The van der Waals surface area contributed by atoms with Crippen molar-refractivity contribution in [3.8, 4) is 17.6 Å². The van der Waals surface area contributed by atoms with Crippen LogP contribution in [0.1, 0.15) is 34.8 Å². The van der Waals surface area contributed by atoms with E-state index >= 15 is 0 Å². The summed E-state index contributed by atoms with van der Waals surface area (Å²) in [7, 11) is 1.57. The predicted molar refractivity (Wildman–Crippen MR) is 119 cm³/mol. The molecule has 0 bridgehead atoms. The highest BCUT2D eigenvalue weighted by atomic mass is 79.9. The molecule has 1 heterocycles. The van der Waals surface area contributed by atoms with Gasteiger partial charge in [0.15, 0.2) is 11.5 Å². The van der Waals surface area contributed by atoms with E-state index in [2.05, 4.69) is 26.9 Å². The number of halogens is 1. The fourth-order valence-electron chi connectivity index (χ4n) is 3.59. The van der Waals surface area contributed by atoms with Crippen LogP contribution >= 0.6 is 15.9 Å². The SMILES string of the molecule is CCOc1c(Br)cc(C(=O)N2CCCN(Cc3ccc(C#N)cc3)CC2)cc1OC. The molecular weight excluding hydrogens is 446 g/mol. The molecule has 158 valence electrons. The molecule has 7 heteroatoms. The minimum absolute atomic E-state index is 0.00253. The van der Waals surface area contributed by atoms with Crippen molar-refractivity contribution >= 4 is 21.8 Å². The Kier molecular flexibility index (Phi) is 7.72. The third-order valence-electron chi connectivity index (χ3n) is 5.13. The van der Waals surface area contributed by atoms with Gasteiger partial charge in [0.2, 0.25) is 0 Å². The van der Waals surface area contributed by atoms with Gasteiger partial charge in [-0.15, -0.1) is 0 Å². The quantitative estimate of drug-likeness (QED) is 0.634. The molecular formula is C23H26BrN3O3. The van der Waals surface area contributed by atoms with Crippen LogP contribution in [0.15, 0.2) is 40.9 Å². The van der Waals surface area contributed by atoms with Crippen molar-refractivity contribution in [1.82, 2.24) is 9.80 Å². The predicted octanol–water partition coefficient (Wildman–Crippen LogP) is 4.08. The van der Waals surface area contributed by atoms with E-state index in [1.807, 2.05) is 36.1 Å². The van der Waals surface area contributed by atoms with Crippen LogP contribution in [0, 0.1) is 11.3 Å². The zero-order valence-corrected chi connectivity index (χ0v) is 18.9. The third kappa shape index (κ3) is 5.32. The fraction of sp³-hybridized carbons (Fsp3) is 0.391. The van der Waals surface area contributed by atoms with Crippen LogP contribution in [0.25, 0.3) is 0 Å². The number of hydrogen-bond donors (Lipinski definition) is 0. The summed E-state index contributed by atoms with van der Waals surface area (Å²) in [6, 6.07) is 13.4. The lowest BCUT2D eigenvalue weighted by molar-refractivity contribution is 0.0760. The summed E-state index contributed by atoms with van der Waals surface area (Å²) >= 11 is 3.50. The summed E-state index contributed by atoms with van der Waals surface area (Å²) in [4.78, 5) is 17.4. The second-order valence-corrected chi connectivity index (χ2v) is 8.01. The molecule has 1 fully saturated rings. The Labute approximate surface area is 186 Å². The smallest absolute Gasteiger partial charge is 0.254 e. The van der Waals surface area contributed by atoms with Gasteiger partial charge in [-0.2, -0.15) is 5.26 Å². The van der Waals surface area contributed by atoms with Crippen LogP contribution in [0.4, 0.5) is 0 Å². The second kappa shape index (κ2) is 10.5. The molecule has 6 nitrogen and oxygen atoms in total. The van der Waals surface area contributed by atoms with Crippen LogP contribution < -0.4 is 9.47 Å². The normalized spacial score (nSPS) is 14.7. The van der Waals surface area contributed by atoms with E-state index in [4.69, 9.17) is 14.7 Å². The number of benzene rings is 2. The average Bonchev–Trinajstić information content (AvgIpc) is 3.00.